The third kappa shape index (κ3) is 5.43. The Bertz CT molecular complexity index is 2070. The number of rotatable bonds is 9. The summed E-state index contributed by atoms with van der Waals surface area (Å²) >= 11 is 0. The Hall–Kier alpha value is -4.43. The van der Waals surface area contributed by atoms with E-state index in [0.29, 0.717) is 0 Å². The van der Waals surface area contributed by atoms with E-state index in [1.165, 1.54) is 102 Å². The molecule has 2 heterocycles. The number of hydrogen-bond acceptors (Lipinski definition) is 1. The van der Waals surface area contributed by atoms with Gasteiger partial charge < -0.3 is 4.90 Å². The molecule has 0 amide bonds. The van der Waals surface area contributed by atoms with Gasteiger partial charge in [-0.05, 0) is 77.4 Å². The molecule has 8 rings (SSSR count). The van der Waals surface area contributed by atoms with Crippen LogP contribution in [0.5, 0.6) is 0 Å². The summed E-state index contributed by atoms with van der Waals surface area (Å²) in [5, 5.41) is 5.63. The Kier molecular flexibility index (Phi) is 9.21. The number of hydrogen-bond donors (Lipinski definition) is 0. The van der Waals surface area contributed by atoms with Crippen molar-refractivity contribution in [3.63, 3.8) is 0 Å². The van der Waals surface area contributed by atoms with Crippen LogP contribution in [-0.2, 0) is 10.8 Å². The van der Waals surface area contributed by atoms with Crippen LogP contribution in [0.4, 0.5) is 11.4 Å². The van der Waals surface area contributed by atoms with Gasteiger partial charge >= 0.3 is 0 Å². The molecule has 4 aliphatic rings. The fraction of sp³-hybridized carbons (Fsp3) is 0.354. The molecule has 254 valence electrons. The van der Waals surface area contributed by atoms with E-state index >= 15 is 0 Å². The quantitative estimate of drug-likeness (QED) is 0.128. The molecule has 0 saturated heterocycles. The van der Waals surface area contributed by atoms with Gasteiger partial charge in [-0.3, -0.25) is 0 Å². The average Bonchev–Trinajstić information content (AvgIpc) is 3.81. The fourth-order valence-corrected chi connectivity index (χ4v) is 10.2. The van der Waals surface area contributed by atoms with Gasteiger partial charge in [-0.25, -0.2) is 0 Å². The highest BCUT2D eigenvalue weighted by molar-refractivity contribution is 6.08. The number of allylic oxidation sites excluding steroid dienone is 10. The van der Waals surface area contributed by atoms with Crippen molar-refractivity contribution >= 4 is 38.6 Å². The van der Waals surface area contributed by atoms with Crippen LogP contribution in [-0.4, -0.2) is 23.4 Å². The number of benzene rings is 4. The molecule has 0 bridgehead atoms. The summed E-state index contributed by atoms with van der Waals surface area (Å²) in [7, 11) is 0. The molecular weight excluding hydrogens is 605 g/mol. The normalized spacial score (nSPS) is 20.5. The Labute approximate surface area is 299 Å². The molecule has 4 aromatic carbocycles. The summed E-state index contributed by atoms with van der Waals surface area (Å²) in [5.41, 5.74) is 9.30. The highest BCUT2D eigenvalue weighted by Crippen LogP contribution is 2.58. The van der Waals surface area contributed by atoms with E-state index < -0.39 is 0 Å². The standard InChI is InChI=1S/C48H53N2/c1-3-35-49-41-29-27-37-21-13-15-23-39(37)45(41)47(31-17-10-18-32-47)43(49)25-11-8-6-5-7-9-12-26-44-48(33-19-20-34-48)46-40-24-16-14-22-38(40)28-30-42(46)50(44)36-4-2/h5-9,11-16,21-30H,3-4,10,17-20,31-36H2,1-2H3/q+1. The van der Waals surface area contributed by atoms with Crippen molar-refractivity contribution < 1.29 is 4.58 Å². The lowest BCUT2D eigenvalue weighted by molar-refractivity contribution is -0.437. The lowest BCUT2D eigenvalue weighted by Gasteiger charge is -2.32. The molecule has 0 atom stereocenters. The van der Waals surface area contributed by atoms with Crippen LogP contribution in [0.15, 0.2) is 133 Å². The number of anilines is 1. The monoisotopic (exact) mass is 657 g/mol. The maximum absolute atomic E-state index is 2.65. The smallest absolute Gasteiger partial charge is 0.210 e. The van der Waals surface area contributed by atoms with Crippen molar-refractivity contribution in [2.75, 3.05) is 18.0 Å². The highest BCUT2D eigenvalue weighted by atomic mass is 15.2. The molecule has 2 aliphatic heterocycles. The SMILES string of the molecule is CCCN1/C(=C/C=C/C=C/C=C/C=C/C2=[N+](CCC)c3ccc4ccccc4c3C23CCCCC3)C2(CCCC2)c2c1ccc1ccccc21. The largest absolute Gasteiger partial charge is 0.344 e. The lowest BCUT2D eigenvalue weighted by atomic mass is 9.66. The summed E-state index contributed by atoms with van der Waals surface area (Å²) in [4.78, 5) is 2.63. The fourth-order valence-electron chi connectivity index (χ4n) is 10.2. The first-order chi connectivity index (χ1) is 24.7. The molecule has 2 heteroatoms. The molecule has 2 spiro atoms. The van der Waals surface area contributed by atoms with E-state index in [2.05, 4.69) is 151 Å². The van der Waals surface area contributed by atoms with E-state index in [-0.39, 0.29) is 10.8 Å². The molecule has 0 N–H and O–H groups in total. The van der Waals surface area contributed by atoms with Gasteiger partial charge in [-0.1, -0.05) is 143 Å². The van der Waals surface area contributed by atoms with Crippen molar-refractivity contribution in [1.29, 1.82) is 0 Å². The number of fused-ring (bicyclic) bond motifs is 8. The van der Waals surface area contributed by atoms with E-state index in [1.54, 1.807) is 11.1 Å². The van der Waals surface area contributed by atoms with Crippen molar-refractivity contribution in [3.05, 3.63) is 144 Å². The molecule has 2 nitrogen and oxygen atoms in total. The molecule has 4 aromatic rings. The van der Waals surface area contributed by atoms with Gasteiger partial charge in [0.15, 0.2) is 5.71 Å². The van der Waals surface area contributed by atoms with Crippen LogP contribution in [0, 0.1) is 0 Å². The second kappa shape index (κ2) is 14.1. The lowest BCUT2D eigenvalue weighted by Crippen LogP contribution is -2.36. The molecule has 2 saturated carbocycles. The van der Waals surface area contributed by atoms with Crippen LogP contribution in [0.1, 0.15) is 95.6 Å². The van der Waals surface area contributed by atoms with E-state index in [9.17, 15) is 0 Å². The predicted octanol–water partition coefficient (Wildman–Crippen LogP) is 12.6. The minimum absolute atomic E-state index is 0.120. The van der Waals surface area contributed by atoms with Gasteiger partial charge in [0.1, 0.15) is 6.54 Å². The second-order valence-electron chi connectivity index (χ2n) is 15.0. The Morgan fingerprint density at radius 1 is 0.600 bits per heavy atom. The van der Waals surface area contributed by atoms with Crippen molar-refractivity contribution in [1.82, 2.24) is 0 Å². The van der Waals surface area contributed by atoms with Crippen molar-refractivity contribution in [2.45, 2.75) is 95.3 Å². The van der Waals surface area contributed by atoms with Crippen molar-refractivity contribution in [2.24, 2.45) is 0 Å². The first kappa shape index (κ1) is 32.8. The Morgan fingerprint density at radius 2 is 1.20 bits per heavy atom. The molecule has 2 fully saturated rings. The topological polar surface area (TPSA) is 6.25 Å². The van der Waals surface area contributed by atoms with Gasteiger partial charge in [0.2, 0.25) is 5.69 Å². The third-order valence-corrected chi connectivity index (χ3v) is 12.1. The van der Waals surface area contributed by atoms with Crippen LogP contribution < -0.4 is 4.90 Å². The van der Waals surface area contributed by atoms with Gasteiger partial charge in [-0.2, -0.15) is 4.58 Å². The average molecular weight is 658 g/mol. The molecule has 2 aliphatic carbocycles. The molecule has 0 aromatic heterocycles. The highest BCUT2D eigenvalue weighted by Gasteiger charge is 2.52. The van der Waals surface area contributed by atoms with Gasteiger partial charge in [0.05, 0.1) is 5.41 Å². The van der Waals surface area contributed by atoms with E-state index in [1.807, 2.05) is 0 Å². The van der Waals surface area contributed by atoms with Crippen LogP contribution >= 0.6 is 0 Å². The zero-order chi connectivity index (χ0) is 34.0. The number of nitrogens with zero attached hydrogens (tertiary/aromatic N) is 2. The first-order valence-corrected chi connectivity index (χ1v) is 19.6. The zero-order valence-corrected chi connectivity index (χ0v) is 30.2. The molecule has 0 radical (unpaired) electrons. The summed E-state index contributed by atoms with van der Waals surface area (Å²) in [6.45, 7) is 6.74. The molecular formula is C48H53N2+. The van der Waals surface area contributed by atoms with Crippen molar-refractivity contribution in [3.8, 4) is 0 Å². The maximum Gasteiger partial charge on any atom is 0.210 e. The Balaban J connectivity index is 1.04. The summed E-state index contributed by atoms with van der Waals surface area (Å²) < 4.78 is 2.65. The third-order valence-electron chi connectivity index (χ3n) is 12.1. The summed E-state index contributed by atoms with van der Waals surface area (Å²) in [6, 6.07) is 27.5. The molecule has 0 unspecified atom stereocenters. The molecule has 50 heavy (non-hydrogen) atoms. The van der Waals surface area contributed by atoms with Crippen LogP contribution in [0.3, 0.4) is 0 Å². The van der Waals surface area contributed by atoms with E-state index in [4.69, 9.17) is 0 Å². The zero-order valence-electron chi connectivity index (χ0n) is 30.2. The van der Waals surface area contributed by atoms with Gasteiger partial charge in [-0.15, -0.1) is 0 Å². The van der Waals surface area contributed by atoms with Gasteiger partial charge in [0, 0.05) is 47.5 Å². The summed E-state index contributed by atoms with van der Waals surface area (Å²) in [6.07, 6.45) is 34.2. The minimum atomic E-state index is 0.120. The first-order valence-electron chi connectivity index (χ1n) is 19.6. The van der Waals surface area contributed by atoms with Crippen LogP contribution in [0.2, 0.25) is 0 Å². The Morgan fingerprint density at radius 3 is 1.90 bits per heavy atom. The van der Waals surface area contributed by atoms with Gasteiger partial charge in [0.25, 0.3) is 0 Å². The predicted molar refractivity (Wildman–Crippen MR) is 215 cm³/mol. The van der Waals surface area contributed by atoms with E-state index in [0.717, 1.165) is 25.9 Å². The minimum Gasteiger partial charge on any atom is -0.344 e. The van der Waals surface area contributed by atoms with Crippen LogP contribution in [0.25, 0.3) is 21.5 Å². The summed E-state index contributed by atoms with van der Waals surface area (Å²) in [5.74, 6) is 0. The second-order valence-corrected chi connectivity index (χ2v) is 15.0. The maximum atomic E-state index is 2.65.